The van der Waals surface area contributed by atoms with Crippen LogP contribution < -0.4 is 5.32 Å². The number of thioether (sulfide) groups is 1. The second-order valence-electron chi connectivity index (χ2n) is 6.93. The maximum absolute atomic E-state index is 12.2. The van der Waals surface area contributed by atoms with Crippen molar-refractivity contribution in [2.45, 2.75) is 57.5 Å². The smallest absolute Gasteiger partial charge is 0.230 e. The molecule has 134 valence electrons. The maximum Gasteiger partial charge on any atom is 0.230 e. The van der Waals surface area contributed by atoms with E-state index in [2.05, 4.69) is 25.0 Å². The SMILES string of the molecule is CC(NC(=O)CSCCN1CCCC1)c1nncn1C1CCCC1. The average Bonchev–Trinajstić information content (AvgIpc) is 3.33. The Hall–Kier alpha value is -1.08. The summed E-state index contributed by atoms with van der Waals surface area (Å²) in [5.74, 6) is 2.53. The molecule has 2 aliphatic rings. The van der Waals surface area contributed by atoms with Gasteiger partial charge >= 0.3 is 0 Å². The minimum atomic E-state index is -0.0835. The number of likely N-dealkylation sites (tertiary alicyclic amines) is 1. The van der Waals surface area contributed by atoms with Gasteiger partial charge in [-0.2, -0.15) is 11.8 Å². The summed E-state index contributed by atoms with van der Waals surface area (Å²) in [6.07, 6.45) is 9.40. The fourth-order valence-corrected chi connectivity index (χ4v) is 4.54. The Kier molecular flexibility index (Phi) is 6.54. The van der Waals surface area contributed by atoms with E-state index in [-0.39, 0.29) is 11.9 Å². The Bertz CT molecular complexity index is 523. The Morgan fingerprint density at radius 1 is 1.33 bits per heavy atom. The highest BCUT2D eigenvalue weighted by Crippen LogP contribution is 2.31. The van der Waals surface area contributed by atoms with Crippen molar-refractivity contribution in [3.8, 4) is 0 Å². The zero-order valence-corrected chi connectivity index (χ0v) is 15.4. The lowest BCUT2D eigenvalue weighted by Gasteiger charge is -2.19. The van der Waals surface area contributed by atoms with Gasteiger partial charge in [-0.25, -0.2) is 0 Å². The lowest BCUT2D eigenvalue weighted by molar-refractivity contribution is -0.119. The summed E-state index contributed by atoms with van der Waals surface area (Å²) in [5.41, 5.74) is 0. The molecule has 7 heteroatoms. The van der Waals surface area contributed by atoms with Crippen LogP contribution in [0.2, 0.25) is 0 Å². The molecule has 0 radical (unpaired) electrons. The lowest BCUT2D eigenvalue weighted by Crippen LogP contribution is -2.31. The predicted octanol–water partition coefficient (Wildman–Crippen LogP) is 2.40. The van der Waals surface area contributed by atoms with E-state index in [9.17, 15) is 4.79 Å². The van der Waals surface area contributed by atoms with Crippen LogP contribution in [0, 0.1) is 0 Å². The molecule has 6 nitrogen and oxygen atoms in total. The Labute approximate surface area is 148 Å². The number of nitrogens with zero attached hydrogens (tertiary/aromatic N) is 4. The van der Waals surface area contributed by atoms with E-state index >= 15 is 0 Å². The van der Waals surface area contributed by atoms with Crippen molar-refractivity contribution in [3.05, 3.63) is 12.2 Å². The molecule has 1 aliphatic carbocycles. The first-order valence-corrected chi connectivity index (χ1v) is 10.4. The number of carbonyl (C=O) groups is 1. The van der Waals surface area contributed by atoms with Crippen LogP contribution in [0.5, 0.6) is 0 Å². The van der Waals surface area contributed by atoms with Crippen LogP contribution in [0.1, 0.15) is 63.4 Å². The van der Waals surface area contributed by atoms with Crippen LogP contribution in [0.25, 0.3) is 0 Å². The first-order chi connectivity index (χ1) is 11.7. The molecule has 1 saturated carbocycles. The molecule has 1 unspecified atom stereocenters. The minimum absolute atomic E-state index is 0.0835. The van der Waals surface area contributed by atoms with Crippen molar-refractivity contribution in [2.75, 3.05) is 31.1 Å². The van der Waals surface area contributed by atoms with Gasteiger partial charge in [-0.05, 0) is 45.7 Å². The molecule has 1 atom stereocenters. The van der Waals surface area contributed by atoms with Crippen molar-refractivity contribution < 1.29 is 4.79 Å². The summed E-state index contributed by atoms with van der Waals surface area (Å²) in [5, 5.41) is 11.4. The van der Waals surface area contributed by atoms with E-state index in [0.29, 0.717) is 11.8 Å². The van der Waals surface area contributed by atoms with Crippen LogP contribution in [-0.2, 0) is 4.79 Å². The number of hydrogen-bond donors (Lipinski definition) is 1. The Morgan fingerprint density at radius 2 is 2.08 bits per heavy atom. The normalized spacial score (nSPS) is 20.5. The summed E-state index contributed by atoms with van der Waals surface area (Å²) < 4.78 is 2.17. The van der Waals surface area contributed by atoms with Crippen LogP contribution in [-0.4, -0.2) is 56.7 Å². The standard InChI is InChI=1S/C17H29N5OS/c1-14(17-20-18-13-22(17)15-6-2-3-7-15)19-16(23)12-24-11-10-21-8-4-5-9-21/h13-15H,2-12H2,1H3,(H,19,23). The highest BCUT2D eigenvalue weighted by Gasteiger charge is 2.23. The topological polar surface area (TPSA) is 63.1 Å². The van der Waals surface area contributed by atoms with Gasteiger partial charge in [-0.15, -0.1) is 10.2 Å². The third-order valence-corrected chi connectivity index (χ3v) is 6.00. The van der Waals surface area contributed by atoms with Gasteiger partial charge in [0.15, 0.2) is 5.82 Å². The van der Waals surface area contributed by atoms with E-state index in [1.165, 1.54) is 51.6 Å². The summed E-state index contributed by atoms with van der Waals surface area (Å²) in [7, 11) is 0. The maximum atomic E-state index is 12.2. The lowest BCUT2D eigenvalue weighted by atomic mass is 10.2. The largest absolute Gasteiger partial charge is 0.346 e. The molecule has 0 aromatic carbocycles. The number of rotatable bonds is 8. The van der Waals surface area contributed by atoms with Crippen LogP contribution in [0.4, 0.5) is 0 Å². The molecule has 0 spiro atoms. The zero-order valence-electron chi connectivity index (χ0n) is 14.6. The quantitative estimate of drug-likeness (QED) is 0.729. The molecule has 2 heterocycles. The molecular formula is C17H29N5OS. The fourth-order valence-electron chi connectivity index (χ4n) is 3.74. The Balaban J connectivity index is 1.40. The second kappa shape index (κ2) is 8.85. The van der Waals surface area contributed by atoms with Gasteiger partial charge < -0.3 is 14.8 Å². The van der Waals surface area contributed by atoms with Gasteiger partial charge in [-0.1, -0.05) is 12.8 Å². The highest BCUT2D eigenvalue weighted by atomic mass is 32.2. The summed E-state index contributed by atoms with van der Waals surface area (Å²) in [4.78, 5) is 14.7. The van der Waals surface area contributed by atoms with Crippen molar-refractivity contribution in [1.29, 1.82) is 0 Å². The molecule has 1 saturated heterocycles. The third-order valence-electron chi connectivity index (χ3n) is 5.07. The van der Waals surface area contributed by atoms with E-state index in [0.717, 1.165) is 18.1 Å². The zero-order chi connectivity index (χ0) is 16.8. The molecule has 24 heavy (non-hydrogen) atoms. The molecule has 1 aromatic heterocycles. The van der Waals surface area contributed by atoms with E-state index in [1.54, 1.807) is 11.8 Å². The van der Waals surface area contributed by atoms with E-state index in [4.69, 9.17) is 0 Å². The predicted molar refractivity (Wildman–Crippen MR) is 97.1 cm³/mol. The van der Waals surface area contributed by atoms with Crippen molar-refractivity contribution in [2.24, 2.45) is 0 Å². The molecule has 2 fully saturated rings. The summed E-state index contributed by atoms with van der Waals surface area (Å²) in [6.45, 7) is 5.55. The summed E-state index contributed by atoms with van der Waals surface area (Å²) >= 11 is 1.72. The van der Waals surface area contributed by atoms with Crippen molar-refractivity contribution in [1.82, 2.24) is 25.0 Å². The number of nitrogens with one attached hydrogen (secondary N) is 1. The monoisotopic (exact) mass is 351 g/mol. The molecule has 0 bridgehead atoms. The fraction of sp³-hybridized carbons (Fsp3) is 0.824. The number of hydrogen-bond acceptors (Lipinski definition) is 5. The average molecular weight is 352 g/mol. The molecule has 1 aromatic rings. The number of aromatic nitrogens is 3. The molecular weight excluding hydrogens is 322 g/mol. The summed E-state index contributed by atoms with van der Waals surface area (Å²) in [6, 6.07) is 0.420. The van der Waals surface area contributed by atoms with Crippen LogP contribution >= 0.6 is 11.8 Å². The van der Waals surface area contributed by atoms with Gasteiger partial charge in [0.25, 0.3) is 0 Å². The van der Waals surface area contributed by atoms with Crippen molar-refractivity contribution >= 4 is 17.7 Å². The third kappa shape index (κ3) is 4.72. The van der Waals surface area contributed by atoms with Gasteiger partial charge in [0, 0.05) is 18.3 Å². The number of amides is 1. The highest BCUT2D eigenvalue weighted by molar-refractivity contribution is 7.99. The molecule has 1 amide bonds. The van der Waals surface area contributed by atoms with Gasteiger partial charge in [0.1, 0.15) is 6.33 Å². The van der Waals surface area contributed by atoms with E-state index in [1.807, 2.05) is 13.3 Å². The van der Waals surface area contributed by atoms with Gasteiger partial charge in [0.2, 0.25) is 5.91 Å². The first-order valence-electron chi connectivity index (χ1n) is 9.23. The van der Waals surface area contributed by atoms with Crippen LogP contribution in [0.15, 0.2) is 6.33 Å². The Morgan fingerprint density at radius 3 is 2.83 bits per heavy atom. The van der Waals surface area contributed by atoms with Crippen molar-refractivity contribution in [3.63, 3.8) is 0 Å². The molecule has 3 rings (SSSR count). The van der Waals surface area contributed by atoms with Gasteiger partial charge in [0.05, 0.1) is 11.8 Å². The second-order valence-corrected chi connectivity index (χ2v) is 8.03. The molecule has 1 N–H and O–H groups in total. The first kappa shape index (κ1) is 17.7. The molecule has 1 aliphatic heterocycles. The van der Waals surface area contributed by atoms with E-state index < -0.39 is 0 Å². The van der Waals surface area contributed by atoms with Gasteiger partial charge in [-0.3, -0.25) is 4.79 Å². The van der Waals surface area contributed by atoms with Crippen LogP contribution in [0.3, 0.4) is 0 Å². The minimum Gasteiger partial charge on any atom is -0.346 e. The number of carbonyl (C=O) groups excluding carboxylic acids is 1.